The van der Waals surface area contributed by atoms with E-state index in [0.29, 0.717) is 24.1 Å². The van der Waals surface area contributed by atoms with Crippen molar-refractivity contribution in [2.45, 2.75) is 38.8 Å². The maximum atomic E-state index is 11.7. The fraction of sp³-hybridized carbons (Fsp3) is 0.632. The molecular formula is C19H27N5O2. The summed E-state index contributed by atoms with van der Waals surface area (Å²) in [6.07, 6.45) is 2.76. The van der Waals surface area contributed by atoms with Crippen molar-refractivity contribution < 1.29 is 9.90 Å². The number of pyridine rings is 1. The summed E-state index contributed by atoms with van der Waals surface area (Å²) in [4.78, 5) is 22.3. The van der Waals surface area contributed by atoms with Crippen molar-refractivity contribution in [1.82, 2.24) is 14.8 Å². The van der Waals surface area contributed by atoms with E-state index >= 15 is 0 Å². The van der Waals surface area contributed by atoms with Crippen LogP contribution in [0.1, 0.15) is 32.3 Å². The SMILES string of the molecule is CC(C)N1CCN(C(=O)O)C(C2CCN(c3cc(C#N)ccn3)CC2)C1. The van der Waals surface area contributed by atoms with Gasteiger partial charge in [-0.3, -0.25) is 4.90 Å². The lowest BCUT2D eigenvalue weighted by Gasteiger charge is -2.47. The number of aromatic nitrogens is 1. The summed E-state index contributed by atoms with van der Waals surface area (Å²) < 4.78 is 0. The molecular weight excluding hydrogens is 330 g/mol. The van der Waals surface area contributed by atoms with Crippen LogP contribution < -0.4 is 4.90 Å². The summed E-state index contributed by atoms with van der Waals surface area (Å²) in [7, 11) is 0. The molecule has 0 aliphatic carbocycles. The van der Waals surface area contributed by atoms with Gasteiger partial charge in [-0.25, -0.2) is 9.78 Å². The number of hydrogen-bond acceptors (Lipinski definition) is 5. The fourth-order valence-electron chi connectivity index (χ4n) is 4.12. The number of carbonyl (C=O) groups is 1. The van der Waals surface area contributed by atoms with Crippen molar-refractivity contribution in [3.05, 3.63) is 23.9 Å². The second-order valence-electron chi connectivity index (χ2n) is 7.47. The second-order valence-corrected chi connectivity index (χ2v) is 7.47. The van der Waals surface area contributed by atoms with Crippen LogP contribution >= 0.6 is 0 Å². The van der Waals surface area contributed by atoms with E-state index in [9.17, 15) is 9.90 Å². The Balaban J connectivity index is 1.67. The fourth-order valence-corrected chi connectivity index (χ4v) is 4.12. The molecule has 0 bridgehead atoms. The van der Waals surface area contributed by atoms with Gasteiger partial charge in [-0.1, -0.05) is 0 Å². The van der Waals surface area contributed by atoms with Gasteiger partial charge in [-0.05, 0) is 44.7 Å². The van der Waals surface area contributed by atoms with Crippen molar-refractivity contribution in [2.75, 3.05) is 37.6 Å². The summed E-state index contributed by atoms with van der Waals surface area (Å²) in [5.74, 6) is 1.20. The lowest BCUT2D eigenvalue weighted by molar-refractivity contribution is 0.0258. The van der Waals surface area contributed by atoms with Crippen molar-refractivity contribution in [2.24, 2.45) is 5.92 Å². The number of amides is 1. The Morgan fingerprint density at radius 2 is 2.04 bits per heavy atom. The molecule has 1 amide bonds. The third kappa shape index (κ3) is 3.91. The van der Waals surface area contributed by atoms with Gasteiger partial charge < -0.3 is 14.9 Å². The molecule has 7 heteroatoms. The van der Waals surface area contributed by atoms with E-state index in [0.717, 1.165) is 44.8 Å². The van der Waals surface area contributed by atoms with Crippen LogP contribution in [0, 0.1) is 17.2 Å². The van der Waals surface area contributed by atoms with E-state index in [1.165, 1.54) is 0 Å². The lowest BCUT2D eigenvalue weighted by Crippen LogP contribution is -2.60. The van der Waals surface area contributed by atoms with Crippen LogP contribution in [0.3, 0.4) is 0 Å². The van der Waals surface area contributed by atoms with Gasteiger partial charge in [0, 0.05) is 45.0 Å². The van der Waals surface area contributed by atoms with E-state index in [1.807, 2.05) is 6.07 Å². The van der Waals surface area contributed by atoms with Crippen molar-refractivity contribution >= 4 is 11.9 Å². The smallest absolute Gasteiger partial charge is 0.407 e. The van der Waals surface area contributed by atoms with Crippen LogP contribution in [0.5, 0.6) is 0 Å². The third-order valence-corrected chi connectivity index (χ3v) is 5.71. The minimum absolute atomic E-state index is 0.0594. The van der Waals surface area contributed by atoms with Gasteiger partial charge >= 0.3 is 6.09 Å². The number of piperidine rings is 1. The van der Waals surface area contributed by atoms with Crippen molar-refractivity contribution in [1.29, 1.82) is 5.26 Å². The Morgan fingerprint density at radius 1 is 1.31 bits per heavy atom. The van der Waals surface area contributed by atoms with Crippen molar-refractivity contribution in [3.8, 4) is 6.07 Å². The molecule has 1 unspecified atom stereocenters. The number of anilines is 1. The van der Waals surface area contributed by atoms with Crippen LogP contribution in [0.2, 0.25) is 0 Å². The van der Waals surface area contributed by atoms with E-state index in [2.05, 4.69) is 34.7 Å². The highest BCUT2D eigenvalue weighted by atomic mass is 16.4. The van der Waals surface area contributed by atoms with E-state index in [1.54, 1.807) is 17.2 Å². The van der Waals surface area contributed by atoms with E-state index in [-0.39, 0.29) is 6.04 Å². The average Bonchev–Trinajstić information content (AvgIpc) is 2.67. The van der Waals surface area contributed by atoms with Crippen LogP contribution in [0.25, 0.3) is 0 Å². The minimum atomic E-state index is -0.802. The monoisotopic (exact) mass is 357 g/mol. The third-order valence-electron chi connectivity index (χ3n) is 5.71. The first-order valence-corrected chi connectivity index (χ1v) is 9.34. The van der Waals surface area contributed by atoms with Gasteiger partial charge in [0.05, 0.1) is 17.7 Å². The van der Waals surface area contributed by atoms with Crippen LogP contribution in [0.4, 0.5) is 10.6 Å². The Bertz CT molecular complexity index is 679. The number of nitriles is 1. The molecule has 2 fully saturated rings. The highest BCUT2D eigenvalue weighted by Gasteiger charge is 2.37. The Kier molecular flexibility index (Phi) is 5.62. The largest absolute Gasteiger partial charge is 0.465 e. The van der Waals surface area contributed by atoms with Gasteiger partial charge in [0.1, 0.15) is 5.82 Å². The molecule has 26 heavy (non-hydrogen) atoms. The van der Waals surface area contributed by atoms with Gasteiger partial charge in [-0.2, -0.15) is 5.26 Å². The topological polar surface area (TPSA) is 83.7 Å². The molecule has 0 spiro atoms. The number of piperazine rings is 1. The summed E-state index contributed by atoms with van der Waals surface area (Å²) in [5.41, 5.74) is 0.619. The number of hydrogen-bond donors (Lipinski definition) is 1. The van der Waals surface area contributed by atoms with Gasteiger partial charge in [0.2, 0.25) is 0 Å². The first-order chi connectivity index (χ1) is 12.5. The molecule has 2 aliphatic rings. The molecule has 1 N–H and O–H groups in total. The molecule has 3 rings (SSSR count). The zero-order chi connectivity index (χ0) is 18.7. The second kappa shape index (κ2) is 7.92. The normalized spacial score (nSPS) is 22.5. The van der Waals surface area contributed by atoms with E-state index in [4.69, 9.17) is 5.26 Å². The number of rotatable bonds is 3. The standard InChI is InChI=1S/C19H27N5O2/c1-14(2)23-9-10-24(19(25)26)17(13-23)16-4-7-22(8-5-16)18-11-15(12-20)3-6-21-18/h3,6,11,14,16-17H,4-5,7-10,13H2,1-2H3,(H,25,26). The molecule has 1 aromatic heterocycles. The Morgan fingerprint density at radius 3 is 2.65 bits per heavy atom. The predicted molar refractivity (Wildman–Crippen MR) is 99.1 cm³/mol. The maximum absolute atomic E-state index is 11.7. The minimum Gasteiger partial charge on any atom is -0.465 e. The van der Waals surface area contributed by atoms with Gasteiger partial charge in [-0.15, -0.1) is 0 Å². The summed E-state index contributed by atoms with van der Waals surface area (Å²) in [5, 5.41) is 18.7. The molecule has 0 saturated carbocycles. The Labute approximate surface area is 154 Å². The number of nitrogens with zero attached hydrogens (tertiary/aromatic N) is 5. The summed E-state index contributed by atoms with van der Waals surface area (Å²) >= 11 is 0. The maximum Gasteiger partial charge on any atom is 0.407 e. The predicted octanol–water partition coefficient (Wildman–Crippen LogP) is 2.24. The molecule has 140 valence electrons. The molecule has 2 aliphatic heterocycles. The zero-order valence-corrected chi connectivity index (χ0v) is 15.5. The number of carboxylic acid groups (broad SMARTS) is 1. The highest BCUT2D eigenvalue weighted by Crippen LogP contribution is 2.29. The molecule has 7 nitrogen and oxygen atoms in total. The summed E-state index contributed by atoms with van der Waals surface area (Å²) in [6, 6.07) is 6.19. The molecule has 0 aromatic carbocycles. The van der Waals surface area contributed by atoms with Crippen LogP contribution in [0.15, 0.2) is 18.3 Å². The molecule has 0 radical (unpaired) electrons. The molecule has 1 atom stereocenters. The first kappa shape index (κ1) is 18.5. The highest BCUT2D eigenvalue weighted by molar-refractivity contribution is 5.65. The molecule has 1 aromatic rings. The van der Waals surface area contributed by atoms with Crippen LogP contribution in [-0.4, -0.2) is 70.8 Å². The zero-order valence-electron chi connectivity index (χ0n) is 15.5. The van der Waals surface area contributed by atoms with E-state index < -0.39 is 6.09 Å². The quantitative estimate of drug-likeness (QED) is 0.893. The van der Waals surface area contributed by atoms with Gasteiger partial charge in [0.25, 0.3) is 0 Å². The molecule has 3 heterocycles. The first-order valence-electron chi connectivity index (χ1n) is 9.34. The van der Waals surface area contributed by atoms with Crippen molar-refractivity contribution in [3.63, 3.8) is 0 Å². The average molecular weight is 357 g/mol. The lowest BCUT2D eigenvalue weighted by atomic mass is 9.86. The molecule has 2 saturated heterocycles. The van der Waals surface area contributed by atoms with Crippen LogP contribution in [-0.2, 0) is 0 Å². The summed E-state index contributed by atoms with van der Waals surface area (Å²) in [6.45, 7) is 8.25. The Hall–Kier alpha value is -2.33. The van der Waals surface area contributed by atoms with Gasteiger partial charge in [0.15, 0.2) is 0 Å².